The Morgan fingerprint density at radius 3 is 2.70 bits per heavy atom. The Labute approximate surface area is 135 Å². The summed E-state index contributed by atoms with van der Waals surface area (Å²) >= 11 is 0. The van der Waals surface area contributed by atoms with E-state index in [0.29, 0.717) is 11.8 Å². The summed E-state index contributed by atoms with van der Waals surface area (Å²) in [4.78, 5) is 19.1. The molecule has 0 atom stereocenters. The van der Waals surface area contributed by atoms with Gasteiger partial charge in [0.25, 0.3) is 5.56 Å². The van der Waals surface area contributed by atoms with Gasteiger partial charge < -0.3 is 4.52 Å². The lowest BCUT2D eigenvalue weighted by molar-refractivity contribution is 0.166. The molecule has 0 spiro atoms. The van der Waals surface area contributed by atoms with Crippen LogP contribution in [0.15, 0.2) is 34.2 Å². The highest BCUT2D eigenvalue weighted by molar-refractivity contribution is 5.12. The molecule has 23 heavy (non-hydrogen) atoms. The van der Waals surface area contributed by atoms with E-state index in [0.717, 1.165) is 50.3 Å². The molecule has 0 bridgehead atoms. The van der Waals surface area contributed by atoms with Crippen molar-refractivity contribution in [1.29, 1.82) is 0 Å². The summed E-state index contributed by atoms with van der Waals surface area (Å²) in [7, 11) is 0. The molecule has 1 aliphatic heterocycles. The van der Waals surface area contributed by atoms with Gasteiger partial charge in [-0.15, -0.1) is 0 Å². The third-order valence-corrected chi connectivity index (χ3v) is 4.95. The number of aromatic nitrogens is 3. The molecule has 0 aromatic carbocycles. The van der Waals surface area contributed by atoms with Crippen molar-refractivity contribution in [2.45, 2.75) is 44.7 Å². The molecule has 6 heteroatoms. The Kier molecular flexibility index (Phi) is 3.99. The Morgan fingerprint density at radius 2 is 2.04 bits per heavy atom. The molecule has 2 fully saturated rings. The minimum absolute atomic E-state index is 0.105. The zero-order valence-electron chi connectivity index (χ0n) is 13.2. The average molecular weight is 314 g/mol. The van der Waals surface area contributed by atoms with E-state index in [1.54, 1.807) is 29.4 Å². The number of hydrogen-bond donors (Lipinski definition) is 0. The highest BCUT2D eigenvalue weighted by Crippen LogP contribution is 2.38. The van der Waals surface area contributed by atoms with E-state index in [1.807, 2.05) is 0 Å². The molecule has 0 unspecified atom stereocenters. The second-order valence-electron chi connectivity index (χ2n) is 6.83. The number of piperidine rings is 1. The molecule has 2 aliphatic rings. The van der Waals surface area contributed by atoms with E-state index in [9.17, 15) is 4.79 Å². The molecule has 0 N–H and O–H groups in total. The van der Waals surface area contributed by atoms with Crippen LogP contribution in [0.4, 0.5) is 0 Å². The molecular formula is C17H22N4O2. The summed E-state index contributed by atoms with van der Waals surface area (Å²) in [5.41, 5.74) is 2.21. The Balaban J connectivity index is 1.31. The lowest BCUT2D eigenvalue weighted by atomic mass is 9.96. The smallest absolute Gasteiger partial charge is 0.253 e. The van der Waals surface area contributed by atoms with Crippen LogP contribution in [0.3, 0.4) is 0 Å². The maximum Gasteiger partial charge on any atom is 0.253 e. The highest BCUT2D eigenvalue weighted by Gasteiger charge is 2.26. The van der Waals surface area contributed by atoms with Crippen LogP contribution in [-0.4, -0.2) is 32.7 Å². The molecule has 122 valence electrons. The molecule has 1 saturated heterocycles. The van der Waals surface area contributed by atoms with E-state index in [1.165, 1.54) is 12.8 Å². The van der Waals surface area contributed by atoms with Gasteiger partial charge in [0, 0.05) is 30.6 Å². The van der Waals surface area contributed by atoms with Crippen molar-refractivity contribution in [3.05, 3.63) is 46.5 Å². The number of rotatable bonds is 5. The third-order valence-electron chi connectivity index (χ3n) is 4.95. The van der Waals surface area contributed by atoms with Gasteiger partial charge in [0.2, 0.25) is 0 Å². The fourth-order valence-electron chi connectivity index (χ4n) is 3.35. The zero-order chi connectivity index (χ0) is 15.6. The second-order valence-corrected chi connectivity index (χ2v) is 6.83. The minimum atomic E-state index is 0.105. The first-order chi connectivity index (χ1) is 11.3. The van der Waals surface area contributed by atoms with E-state index in [-0.39, 0.29) is 5.56 Å². The van der Waals surface area contributed by atoms with Gasteiger partial charge in [0.1, 0.15) is 6.26 Å². The average Bonchev–Trinajstić information content (AvgIpc) is 3.29. The fraction of sp³-hybridized carbons (Fsp3) is 0.588. The van der Waals surface area contributed by atoms with Crippen molar-refractivity contribution in [2.24, 2.45) is 5.92 Å². The van der Waals surface area contributed by atoms with Crippen LogP contribution in [0.2, 0.25) is 0 Å². The van der Waals surface area contributed by atoms with Crippen molar-refractivity contribution in [3.8, 4) is 0 Å². The Hall–Kier alpha value is -1.95. The zero-order valence-corrected chi connectivity index (χ0v) is 13.2. The summed E-state index contributed by atoms with van der Waals surface area (Å²) in [6, 6.07) is 1.73. The van der Waals surface area contributed by atoms with Crippen LogP contribution in [0.5, 0.6) is 0 Å². The van der Waals surface area contributed by atoms with E-state index in [2.05, 4.69) is 15.0 Å². The van der Waals surface area contributed by atoms with Crippen LogP contribution in [-0.2, 0) is 13.1 Å². The van der Waals surface area contributed by atoms with Crippen molar-refractivity contribution < 1.29 is 4.52 Å². The molecule has 0 amide bonds. The molecule has 0 radical (unpaired) electrons. The number of nitrogens with zero attached hydrogens (tertiary/aromatic N) is 4. The maximum absolute atomic E-state index is 12.2. The SMILES string of the molecule is O=c1cc(C2CC2)ncn1CC1CCN(Cc2cnoc2)CC1. The molecule has 3 heterocycles. The van der Waals surface area contributed by atoms with Gasteiger partial charge in [-0.2, -0.15) is 0 Å². The van der Waals surface area contributed by atoms with Crippen LogP contribution in [0.1, 0.15) is 42.9 Å². The quantitative estimate of drug-likeness (QED) is 0.845. The van der Waals surface area contributed by atoms with Gasteiger partial charge in [-0.3, -0.25) is 14.3 Å². The normalized spacial score (nSPS) is 20.0. The number of hydrogen-bond acceptors (Lipinski definition) is 5. The second kappa shape index (κ2) is 6.28. The largest absolute Gasteiger partial charge is 0.364 e. The lowest BCUT2D eigenvalue weighted by Crippen LogP contribution is -2.36. The van der Waals surface area contributed by atoms with Crippen molar-refractivity contribution >= 4 is 0 Å². The molecule has 1 aliphatic carbocycles. The van der Waals surface area contributed by atoms with Gasteiger partial charge in [-0.05, 0) is 44.7 Å². The monoisotopic (exact) mass is 314 g/mol. The van der Waals surface area contributed by atoms with Gasteiger partial charge in [0.15, 0.2) is 0 Å². The maximum atomic E-state index is 12.2. The molecule has 1 saturated carbocycles. The van der Waals surface area contributed by atoms with Crippen LogP contribution < -0.4 is 5.56 Å². The summed E-state index contributed by atoms with van der Waals surface area (Å²) < 4.78 is 6.66. The fourth-order valence-corrected chi connectivity index (χ4v) is 3.35. The lowest BCUT2D eigenvalue weighted by Gasteiger charge is -2.31. The van der Waals surface area contributed by atoms with E-state index in [4.69, 9.17) is 4.52 Å². The Morgan fingerprint density at radius 1 is 1.22 bits per heavy atom. The van der Waals surface area contributed by atoms with E-state index >= 15 is 0 Å². The molecule has 2 aromatic rings. The van der Waals surface area contributed by atoms with Gasteiger partial charge in [-0.1, -0.05) is 5.16 Å². The minimum Gasteiger partial charge on any atom is -0.364 e. The summed E-state index contributed by atoms with van der Waals surface area (Å²) in [6.45, 7) is 3.79. The summed E-state index contributed by atoms with van der Waals surface area (Å²) in [5.74, 6) is 1.10. The predicted octanol–water partition coefficient (Wildman–Crippen LogP) is 2.02. The topological polar surface area (TPSA) is 64.2 Å². The van der Waals surface area contributed by atoms with Gasteiger partial charge in [-0.25, -0.2) is 4.98 Å². The van der Waals surface area contributed by atoms with Gasteiger partial charge >= 0.3 is 0 Å². The van der Waals surface area contributed by atoms with E-state index < -0.39 is 0 Å². The predicted molar refractivity (Wildman–Crippen MR) is 85.0 cm³/mol. The van der Waals surface area contributed by atoms with Crippen LogP contribution in [0, 0.1) is 5.92 Å². The highest BCUT2D eigenvalue weighted by atomic mass is 16.5. The standard InChI is InChI=1S/C17H22N4O2/c22-17-7-16(15-1-2-15)18-12-21(17)10-13-3-5-20(6-4-13)9-14-8-19-23-11-14/h7-8,11-13,15H,1-6,9-10H2. The van der Waals surface area contributed by atoms with Crippen molar-refractivity contribution in [1.82, 2.24) is 19.6 Å². The Bertz CT molecular complexity index is 698. The van der Waals surface area contributed by atoms with Crippen molar-refractivity contribution in [2.75, 3.05) is 13.1 Å². The molecule has 4 rings (SSSR count). The number of likely N-dealkylation sites (tertiary alicyclic amines) is 1. The summed E-state index contributed by atoms with van der Waals surface area (Å²) in [6.07, 6.45) is 9.82. The van der Waals surface area contributed by atoms with Crippen LogP contribution >= 0.6 is 0 Å². The third kappa shape index (κ3) is 3.52. The van der Waals surface area contributed by atoms with Crippen LogP contribution in [0.25, 0.3) is 0 Å². The molecule has 2 aromatic heterocycles. The van der Waals surface area contributed by atoms with Gasteiger partial charge in [0.05, 0.1) is 18.2 Å². The first-order valence-corrected chi connectivity index (χ1v) is 8.45. The summed E-state index contributed by atoms with van der Waals surface area (Å²) in [5, 5.41) is 3.75. The molecule has 6 nitrogen and oxygen atoms in total. The molecular weight excluding hydrogens is 292 g/mol. The first-order valence-electron chi connectivity index (χ1n) is 8.45. The van der Waals surface area contributed by atoms with Crippen molar-refractivity contribution in [3.63, 3.8) is 0 Å². The first kappa shape index (κ1) is 14.6.